The van der Waals surface area contributed by atoms with Crippen molar-refractivity contribution in [3.8, 4) is 0 Å². The third kappa shape index (κ3) is 3.11. The maximum Gasteiger partial charge on any atom is 0.332 e. The highest BCUT2D eigenvalue weighted by Crippen LogP contribution is 2.29. The first-order valence-corrected chi connectivity index (χ1v) is 7.60. The second kappa shape index (κ2) is 6.58. The van der Waals surface area contributed by atoms with Crippen LogP contribution in [0.15, 0.2) is 30.3 Å². The van der Waals surface area contributed by atoms with Crippen LogP contribution in [0.2, 0.25) is 0 Å². The molecule has 1 heterocycles. The van der Waals surface area contributed by atoms with Gasteiger partial charge in [-0.2, -0.15) is 0 Å². The molecule has 0 saturated carbocycles. The number of ether oxygens (including phenoxy) is 1. The Morgan fingerprint density at radius 2 is 2.05 bits per heavy atom. The molecule has 0 bridgehead atoms. The number of hydrogen-bond donors (Lipinski definition) is 1. The van der Waals surface area contributed by atoms with Crippen LogP contribution in [0.5, 0.6) is 0 Å². The van der Waals surface area contributed by atoms with E-state index in [9.17, 15) is 4.79 Å². The maximum absolute atomic E-state index is 12.5. The number of hydrogen-bond acceptors (Lipinski definition) is 4. The molecule has 4 heteroatoms. The van der Waals surface area contributed by atoms with Crippen molar-refractivity contribution in [3.05, 3.63) is 35.9 Å². The molecular formula is C17H26N2O2. The van der Waals surface area contributed by atoms with Crippen molar-refractivity contribution in [2.45, 2.75) is 31.8 Å². The molecule has 1 aromatic rings. The van der Waals surface area contributed by atoms with Crippen molar-refractivity contribution in [3.63, 3.8) is 0 Å². The summed E-state index contributed by atoms with van der Waals surface area (Å²) in [5.41, 5.74) is 0.139. The highest BCUT2D eigenvalue weighted by molar-refractivity contribution is 5.83. The van der Waals surface area contributed by atoms with E-state index in [1.54, 1.807) is 0 Å². The largest absolute Gasteiger partial charge is 0.467 e. The fourth-order valence-electron chi connectivity index (χ4n) is 3.41. The maximum atomic E-state index is 12.5. The first-order valence-electron chi connectivity index (χ1n) is 7.60. The van der Waals surface area contributed by atoms with Gasteiger partial charge in [0.2, 0.25) is 0 Å². The molecule has 0 spiro atoms. The van der Waals surface area contributed by atoms with Crippen LogP contribution in [0, 0.1) is 5.92 Å². The summed E-state index contributed by atoms with van der Waals surface area (Å²) < 4.78 is 5.11. The van der Waals surface area contributed by atoms with E-state index >= 15 is 0 Å². The average Bonchev–Trinajstić information content (AvgIpc) is 2.82. The molecule has 116 valence electrons. The van der Waals surface area contributed by atoms with E-state index in [2.05, 4.69) is 24.1 Å². The average molecular weight is 290 g/mol. The Morgan fingerprint density at radius 3 is 2.52 bits per heavy atom. The minimum atomic E-state index is -0.811. The number of nitrogens with one attached hydrogen (secondary N) is 1. The summed E-state index contributed by atoms with van der Waals surface area (Å²) in [6.07, 6.45) is 1.18. The summed E-state index contributed by atoms with van der Waals surface area (Å²) in [4.78, 5) is 14.9. The smallest absolute Gasteiger partial charge is 0.332 e. The minimum absolute atomic E-state index is 0.233. The SMILES string of the molecule is CNC(CN1CC(C)CC1C)(C(=O)OC)c1ccccc1. The number of likely N-dealkylation sites (N-methyl/N-ethyl adjacent to an activating group) is 1. The van der Waals surface area contributed by atoms with Crippen molar-refractivity contribution in [1.82, 2.24) is 10.2 Å². The Kier molecular flexibility index (Phi) is 5.01. The van der Waals surface area contributed by atoms with Crippen LogP contribution in [0.4, 0.5) is 0 Å². The fraction of sp³-hybridized carbons (Fsp3) is 0.588. The van der Waals surface area contributed by atoms with Crippen LogP contribution < -0.4 is 5.32 Å². The fourth-order valence-corrected chi connectivity index (χ4v) is 3.41. The summed E-state index contributed by atoms with van der Waals surface area (Å²) in [5, 5.41) is 3.23. The minimum Gasteiger partial charge on any atom is -0.467 e. The van der Waals surface area contributed by atoms with Gasteiger partial charge >= 0.3 is 5.97 Å². The quantitative estimate of drug-likeness (QED) is 0.842. The van der Waals surface area contributed by atoms with Gasteiger partial charge < -0.3 is 10.1 Å². The molecule has 0 amide bonds. The van der Waals surface area contributed by atoms with E-state index in [0.717, 1.165) is 12.1 Å². The lowest BCUT2D eigenvalue weighted by molar-refractivity contribution is -0.150. The number of rotatable bonds is 5. The van der Waals surface area contributed by atoms with Crippen LogP contribution in [0.1, 0.15) is 25.8 Å². The molecule has 3 atom stereocenters. The summed E-state index contributed by atoms with van der Waals surface area (Å²) in [5.74, 6) is 0.436. The molecular weight excluding hydrogens is 264 g/mol. The molecule has 1 saturated heterocycles. The Hall–Kier alpha value is -1.39. The Bertz CT molecular complexity index is 477. The van der Waals surface area contributed by atoms with E-state index in [1.807, 2.05) is 37.4 Å². The van der Waals surface area contributed by atoms with E-state index in [0.29, 0.717) is 18.5 Å². The molecule has 0 aromatic heterocycles. The Labute approximate surface area is 127 Å². The van der Waals surface area contributed by atoms with Gasteiger partial charge in [0.15, 0.2) is 5.54 Å². The van der Waals surface area contributed by atoms with E-state index in [4.69, 9.17) is 4.74 Å². The standard InChI is InChI=1S/C17H26N2O2/c1-13-10-14(2)19(11-13)12-17(18-3,16(20)21-4)15-8-6-5-7-9-15/h5-9,13-14,18H,10-12H2,1-4H3. The lowest BCUT2D eigenvalue weighted by Gasteiger charge is -2.36. The van der Waals surface area contributed by atoms with Crippen LogP contribution in [0.3, 0.4) is 0 Å². The van der Waals surface area contributed by atoms with Gasteiger partial charge in [0.1, 0.15) is 0 Å². The van der Waals surface area contributed by atoms with Gasteiger partial charge in [-0.3, -0.25) is 4.90 Å². The normalized spacial score (nSPS) is 25.5. The monoisotopic (exact) mass is 290 g/mol. The number of methoxy groups -OCH3 is 1. The molecule has 1 fully saturated rings. The Balaban J connectivity index is 2.34. The number of likely N-dealkylation sites (tertiary alicyclic amines) is 1. The van der Waals surface area contributed by atoms with Crippen molar-refractivity contribution < 1.29 is 9.53 Å². The predicted molar refractivity (Wildman–Crippen MR) is 84.0 cm³/mol. The number of benzene rings is 1. The van der Waals surface area contributed by atoms with Gasteiger partial charge in [0, 0.05) is 19.1 Å². The zero-order valence-electron chi connectivity index (χ0n) is 13.4. The summed E-state index contributed by atoms with van der Waals surface area (Å²) >= 11 is 0. The van der Waals surface area contributed by atoms with Gasteiger partial charge in [-0.25, -0.2) is 4.79 Å². The number of nitrogens with zero attached hydrogens (tertiary/aromatic N) is 1. The molecule has 0 aliphatic carbocycles. The molecule has 0 radical (unpaired) electrons. The summed E-state index contributed by atoms with van der Waals surface area (Å²) in [6, 6.07) is 10.3. The second-order valence-electron chi connectivity index (χ2n) is 6.13. The topological polar surface area (TPSA) is 41.6 Å². The third-order valence-electron chi connectivity index (χ3n) is 4.58. The van der Waals surface area contributed by atoms with Crippen LogP contribution in [-0.2, 0) is 15.1 Å². The molecule has 2 rings (SSSR count). The summed E-state index contributed by atoms with van der Waals surface area (Å²) in [7, 11) is 3.28. The van der Waals surface area contributed by atoms with Crippen molar-refractivity contribution in [2.75, 3.05) is 27.2 Å². The van der Waals surface area contributed by atoms with Gasteiger partial charge in [-0.05, 0) is 31.9 Å². The molecule has 1 aliphatic rings. The lowest BCUT2D eigenvalue weighted by Crippen LogP contribution is -2.56. The predicted octanol–water partition coefficient (Wildman–Crippen LogP) is 2.00. The van der Waals surface area contributed by atoms with Crippen LogP contribution in [0.25, 0.3) is 0 Å². The van der Waals surface area contributed by atoms with Crippen molar-refractivity contribution in [1.29, 1.82) is 0 Å². The van der Waals surface area contributed by atoms with Crippen LogP contribution in [-0.4, -0.2) is 44.2 Å². The first kappa shape index (κ1) is 16.0. The molecule has 4 nitrogen and oxygen atoms in total. The highest BCUT2D eigenvalue weighted by atomic mass is 16.5. The lowest BCUT2D eigenvalue weighted by atomic mass is 9.89. The van der Waals surface area contributed by atoms with Crippen LogP contribution >= 0.6 is 0 Å². The number of carbonyl (C=O) groups is 1. The first-order chi connectivity index (χ1) is 10.0. The van der Waals surface area contributed by atoms with Gasteiger partial charge in [-0.15, -0.1) is 0 Å². The van der Waals surface area contributed by atoms with E-state index in [1.165, 1.54) is 13.5 Å². The number of carbonyl (C=O) groups excluding carboxylic acids is 1. The molecule has 1 aromatic carbocycles. The van der Waals surface area contributed by atoms with Gasteiger partial charge in [0.25, 0.3) is 0 Å². The Morgan fingerprint density at radius 1 is 1.38 bits per heavy atom. The van der Waals surface area contributed by atoms with Crippen molar-refractivity contribution >= 4 is 5.97 Å². The molecule has 1 aliphatic heterocycles. The highest BCUT2D eigenvalue weighted by Gasteiger charge is 2.43. The van der Waals surface area contributed by atoms with Crippen molar-refractivity contribution in [2.24, 2.45) is 5.92 Å². The van der Waals surface area contributed by atoms with Gasteiger partial charge in [-0.1, -0.05) is 37.3 Å². The number of esters is 1. The molecule has 21 heavy (non-hydrogen) atoms. The zero-order chi connectivity index (χ0) is 15.5. The summed E-state index contributed by atoms with van der Waals surface area (Å²) in [6.45, 7) is 6.14. The van der Waals surface area contributed by atoms with E-state index < -0.39 is 5.54 Å². The second-order valence-corrected chi connectivity index (χ2v) is 6.13. The molecule has 3 unspecified atom stereocenters. The molecule has 1 N–H and O–H groups in total. The zero-order valence-corrected chi connectivity index (χ0v) is 13.4. The van der Waals surface area contributed by atoms with E-state index in [-0.39, 0.29) is 5.97 Å². The van der Waals surface area contributed by atoms with Gasteiger partial charge in [0.05, 0.1) is 7.11 Å². The third-order valence-corrected chi connectivity index (χ3v) is 4.58.